The highest BCUT2D eigenvalue weighted by Crippen LogP contribution is 2.28. The molecule has 0 aliphatic rings. The second-order valence-corrected chi connectivity index (χ2v) is 9.23. The smallest absolute Gasteiger partial charge is 0.263 e. The highest BCUT2D eigenvalue weighted by molar-refractivity contribution is 7.92. The van der Waals surface area contributed by atoms with E-state index in [-0.39, 0.29) is 33.0 Å². The maximum atomic E-state index is 14.9. The van der Waals surface area contributed by atoms with Gasteiger partial charge < -0.3 is 10.4 Å². The standard InChI is InChI=1S/C21H16Cl2F2N4O3S/c1-12(30)9-26-21-27-10-13(11-28-21)2-4-15-17(24)6-7-18(20(15)25)29-33(31,32)19-8-14(22)3-5-16(19)23/h3,5-8,10-12,29-30H,9H2,1H3,(H,26,27,28). The van der Waals surface area contributed by atoms with E-state index in [2.05, 4.69) is 27.1 Å². The lowest BCUT2D eigenvalue weighted by Crippen LogP contribution is -2.16. The molecule has 0 saturated carbocycles. The van der Waals surface area contributed by atoms with Crippen molar-refractivity contribution in [3.05, 3.63) is 75.5 Å². The molecule has 0 radical (unpaired) electrons. The van der Waals surface area contributed by atoms with Gasteiger partial charge in [0.15, 0.2) is 5.82 Å². The van der Waals surface area contributed by atoms with Crippen LogP contribution in [0.2, 0.25) is 10.0 Å². The molecule has 7 nitrogen and oxygen atoms in total. The first-order chi connectivity index (χ1) is 15.6. The summed E-state index contributed by atoms with van der Waals surface area (Å²) in [4.78, 5) is 7.60. The number of hydrogen-bond donors (Lipinski definition) is 3. The summed E-state index contributed by atoms with van der Waals surface area (Å²) >= 11 is 11.8. The normalized spacial score (nSPS) is 11.9. The number of hydrogen-bond acceptors (Lipinski definition) is 6. The summed E-state index contributed by atoms with van der Waals surface area (Å²) in [7, 11) is -4.32. The fraction of sp³-hybridized carbons (Fsp3) is 0.143. The van der Waals surface area contributed by atoms with Gasteiger partial charge in [0.2, 0.25) is 5.95 Å². The van der Waals surface area contributed by atoms with E-state index in [1.165, 1.54) is 24.5 Å². The Balaban J connectivity index is 1.87. The number of halogens is 4. The molecule has 33 heavy (non-hydrogen) atoms. The third-order valence-electron chi connectivity index (χ3n) is 4.06. The highest BCUT2D eigenvalue weighted by Gasteiger charge is 2.22. The van der Waals surface area contributed by atoms with E-state index in [0.29, 0.717) is 0 Å². The SMILES string of the molecule is CC(O)CNc1ncc(C#Cc2c(F)ccc(NS(=O)(=O)c3cc(Cl)ccc3Cl)c2F)cn1. The van der Waals surface area contributed by atoms with Gasteiger partial charge in [-0.1, -0.05) is 35.0 Å². The molecule has 12 heteroatoms. The van der Waals surface area contributed by atoms with Crippen LogP contribution in [0.3, 0.4) is 0 Å². The monoisotopic (exact) mass is 512 g/mol. The molecule has 3 N–H and O–H groups in total. The molecular formula is C21H16Cl2F2N4O3S. The summed E-state index contributed by atoms with van der Waals surface area (Å²) in [6.45, 7) is 1.83. The lowest BCUT2D eigenvalue weighted by molar-refractivity contribution is 0.208. The van der Waals surface area contributed by atoms with Crippen molar-refractivity contribution < 1.29 is 22.3 Å². The minimum Gasteiger partial charge on any atom is -0.392 e. The van der Waals surface area contributed by atoms with Crippen LogP contribution in [0, 0.1) is 23.5 Å². The van der Waals surface area contributed by atoms with Crippen molar-refractivity contribution in [1.82, 2.24) is 9.97 Å². The van der Waals surface area contributed by atoms with Gasteiger partial charge in [-0.2, -0.15) is 0 Å². The molecule has 0 saturated heterocycles. The second kappa shape index (κ2) is 10.3. The Bertz CT molecular complexity index is 1340. The number of rotatable bonds is 6. The molecule has 0 fully saturated rings. The molecule has 1 atom stereocenters. The number of aliphatic hydroxyl groups is 1. The van der Waals surface area contributed by atoms with E-state index in [1.54, 1.807) is 6.92 Å². The zero-order valence-corrected chi connectivity index (χ0v) is 19.2. The van der Waals surface area contributed by atoms with E-state index >= 15 is 0 Å². The number of anilines is 2. The molecule has 1 aromatic heterocycles. The molecule has 3 aromatic rings. The zero-order valence-electron chi connectivity index (χ0n) is 16.9. The summed E-state index contributed by atoms with van der Waals surface area (Å²) in [6.07, 6.45) is 2.06. The van der Waals surface area contributed by atoms with Crippen LogP contribution in [0.4, 0.5) is 20.4 Å². The average molecular weight is 513 g/mol. The van der Waals surface area contributed by atoms with E-state index in [4.69, 9.17) is 23.2 Å². The minimum absolute atomic E-state index is 0.111. The number of sulfonamides is 1. The number of aromatic nitrogens is 2. The van der Waals surface area contributed by atoms with Crippen molar-refractivity contribution in [3.8, 4) is 11.8 Å². The van der Waals surface area contributed by atoms with Gasteiger partial charge in [0, 0.05) is 24.0 Å². The molecule has 0 bridgehead atoms. The number of benzene rings is 2. The Morgan fingerprint density at radius 1 is 1.12 bits per heavy atom. The third kappa shape index (κ3) is 6.30. The Labute approximate surface area is 198 Å². The Kier molecular flexibility index (Phi) is 7.71. The summed E-state index contributed by atoms with van der Waals surface area (Å²) in [5, 5.41) is 12.0. The van der Waals surface area contributed by atoms with Gasteiger partial charge in [-0.25, -0.2) is 27.2 Å². The van der Waals surface area contributed by atoms with Gasteiger partial charge in [-0.3, -0.25) is 4.72 Å². The van der Waals surface area contributed by atoms with Gasteiger partial charge >= 0.3 is 0 Å². The van der Waals surface area contributed by atoms with Crippen LogP contribution in [0.5, 0.6) is 0 Å². The molecule has 172 valence electrons. The fourth-order valence-electron chi connectivity index (χ4n) is 2.49. The first-order valence-electron chi connectivity index (χ1n) is 9.28. The van der Waals surface area contributed by atoms with E-state index in [1.807, 2.05) is 4.72 Å². The predicted molar refractivity (Wildman–Crippen MR) is 122 cm³/mol. The van der Waals surface area contributed by atoms with Crippen LogP contribution in [0.25, 0.3) is 0 Å². The minimum atomic E-state index is -4.32. The van der Waals surface area contributed by atoms with Crippen LogP contribution in [-0.2, 0) is 10.0 Å². The average Bonchev–Trinajstić information content (AvgIpc) is 2.76. The summed E-state index contributed by atoms with van der Waals surface area (Å²) in [5.41, 5.74) is -0.914. The Morgan fingerprint density at radius 3 is 2.48 bits per heavy atom. The molecule has 1 heterocycles. The largest absolute Gasteiger partial charge is 0.392 e. The number of aliphatic hydroxyl groups excluding tert-OH is 1. The third-order valence-corrected chi connectivity index (χ3v) is 6.14. The van der Waals surface area contributed by atoms with Gasteiger partial charge in [0.1, 0.15) is 10.7 Å². The second-order valence-electron chi connectivity index (χ2n) is 6.74. The van der Waals surface area contributed by atoms with Crippen LogP contribution in [-0.4, -0.2) is 36.1 Å². The summed E-state index contributed by atoms with van der Waals surface area (Å²) in [6, 6.07) is 5.59. The molecule has 3 rings (SSSR count). The molecule has 2 aromatic carbocycles. The lowest BCUT2D eigenvalue weighted by atomic mass is 10.1. The highest BCUT2D eigenvalue weighted by atomic mass is 35.5. The predicted octanol–water partition coefficient (Wildman–Crippen LogP) is 4.05. The van der Waals surface area contributed by atoms with Crippen LogP contribution < -0.4 is 10.0 Å². The van der Waals surface area contributed by atoms with Gasteiger partial charge in [-0.05, 0) is 37.3 Å². The van der Waals surface area contributed by atoms with Gasteiger partial charge in [-0.15, -0.1) is 0 Å². The summed E-state index contributed by atoms with van der Waals surface area (Å²) in [5.74, 6) is 2.91. The summed E-state index contributed by atoms with van der Waals surface area (Å²) < 4.78 is 56.4. The van der Waals surface area contributed by atoms with Crippen molar-refractivity contribution in [2.24, 2.45) is 0 Å². The van der Waals surface area contributed by atoms with Gasteiger partial charge in [0.25, 0.3) is 10.0 Å². The maximum absolute atomic E-state index is 14.9. The molecule has 0 aliphatic carbocycles. The molecular weight excluding hydrogens is 497 g/mol. The molecule has 1 unspecified atom stereocenters. The maximum Gasteiger partial charge on any atom is 0.263 e. The Morgan fingerprint density at radius 2 is 1.82 bits per heavy atom. The topological polar surface area (TPSA) is 104 Å². The van der Waals surface area contributed by atoms with E-state index in [9.17, 15) is 22.3 Å². The first kappa shape index (κ1) is 24.7. The van der Waals surface area contributed by atoms with Gasteiger partial charge in [0.05, 0.1) is 27.9 Å². The van der Waals surface area contributed by atoms with E-state index < -0.39 is 39.0 Å². The number of nitrogens with zero attached hydrogens (tertiary/aromatic N) is 2. The fourth-order valence-corrected chi connectivity index (χ4v) is 4.31. The number of nitrogens with one attached hydrogen (secondary N) is 2. The lowest BCUT2D eigenvalue weighted by Gasteiger charge is -2.11. The van der Waals surface area contributed by atoms with Crippen molar-refractivity contribution in [2.45, 2.75) is 17.9 Å². The van der Waals surface area contributed by atoms with Crippen molar-refractivity contribution in [2.75, 3.05) is 16.6 Å². The van der Waals surface area contributed by atoms with Crippen LogP contribution in [0.15, 0.2) is 47.6 Å². The van der Waals surface area contributed by atoms with Crippen molar-refractivity contribution in [3.63, 3.8) is 0 Å². The zero-order chi connectivity index (χ0) is 24.2. The van der Waals surface area contributed by atoms with Crippen molar-refractivity contribution in [1.29, 1.82) is 0 Å². The molecule has 0 spiro atoms. The van der Waals surface area contributed by atoms with Crippen LogP contribution >= 0.6 is 23.2 Å². The van der Waals surface area contributed by atoms with Crippen LogP contribution in [0.1, 0.15) is 18.1 Å². The molecule has 0 aliphatic heterocycles. The first-order valence-corrected chi connectivity index (χ1v) is 11.5. The Hall–Kier alpha value is -2.97. The van der Waals surface area contributed by atoms with Crippen molar-refractivity contribution >= 4 is 44.9 Å². The van der Waals surface area contributed by atoms with E-state index in [0.717, 1.165) is 18.2 Å². The molecule has 0 amide bonds. The quantitative estimate of drug-likeness (QED) is 0.430.